The number of methoxy groups -OCH3 is 1. The summed E-state index contributed by atoms with van der Waals surface area (Å²) in [5.74, 6) is -2.43. The van der Waals surface area contributed by atoms with Gasteiger partial charge in [-0.2, -0.15) is 21.6 Å². The quantitative estimate of drug-likeness (QED) is 0.272. The lowest BCUT2D eigenvalue weighted by molar-refractivity contribution is -0.137. The van der Waals surface area contributed by atoms with E-state index in [2.05, 4.69) is 16.6 Å². The molecule has 2 aromatic carbocycles. The number of hydrogen-bond donors (Lipinski definition) is 2. The summed E-state index contributed by atoms with van der Waals surface area (Å²) < 4.78 is 89.4. The predicted octanol–water partition coefficient (Wildman–Crippen LogP) is 7.16. The van der Waals surface area contributed by atoms with Gasteiger partial charge in [-0.25, -0.2) is 14.2 Å². The summed E-state index contributed by atoms with van der Waals surface area (Å²) in [6, 6.07) is 5.57. The fourth-order valence-electron chi connectivity index (χ4n) is 4.81. The summed E-state index contributed by atoms with van der Waals surface area (Å²) in [5.41, 5.74) is -1.66. The van der Waals surface area contributed by atoms with Crippen LogP contribution in [0.15, 0.2) is 40.7 Å². The third-order valence-corrected chi connectivity index (χ3v) is 9.27. The molecule has 0 atom stereocenters. The molecule has 1 aliphatic rings. The van der Waals surface area contributed by atoms with Crippen LogP contribution in [0.2, 0.25) is 0 Å². The maximum Gasteiger partial charge on any atom is 0.417 e. The van der Waals surface area contributed by atoms with Crippen molar-refractivity contribution in [3.63, 3.8) is 0 Å². The van der Waals surface area contributed by atoms with Crippen molar-refractivity contribution in [2.45, 2.75) is 56.1 Å². The fourth-order valence-corrected chi connectivity index (χ4v) is 7.01. The normalized spacial score (nSPS) is 18.1. The van der Waals surface area contributed by atoms with Gasteiger partial charge >= 0.3 is 12.1 Å². The molecule has 1 heterocycles. The number of aromatic carboxylic acids is 1. The molecule has 1 aliphatic carbocycles. The zero-order valence-electron chi connectivity index (χ0n) is 21.0. The minimum absolute atomic E-state index is 0.0299. The summed E-state index contributed by atoms with van der Waals surface area (Å²) in [5, 5.41) is 9.41. The number of aromatic nitrogens is 1. The van der Waals surface area contributed by atoms with Crippen molar-refractivity contribution in [2.24, 2.45) is 5.92 Å². The number of nitrogens with one attached hydrogen (secondary N) is 1. The number of thiazole rings is 1. The second-order valence-electron chi connectivity index (χ2n) is 9.36. The molecule has 210 valence electrons. The molecule has 1 fully saturated rings. The third-order valence-electron chi connectivity index (χ3n) is 7.00. The molecule has 2 N–H and O–H groups in total. The largest absolute Gasteiger partial charge is 0.495 e. The Balaban J connectivity index is 1.65. The number of carboxylic acids is 1. The van der Waals surface area contributed by atoms with E-state index in [9.17, 15) is 30.8 Å². The van der Waals surface area contributed by atoms with Crippen molar-refractivity contribution >= 4 is 33.0 Å². The highest BCUT2D eigenvalue weighted by atomic mass is 32.2. The number of sulfonamides is 1. The molecule has 7 nitrogen and oxygen atoms in total. The second-order valence-corrected chi connectivity index (χ2v) is 11.8. The summed E-state index contributed by atoms with van der Waals surface area (Å²) in [6.45, 7) is 2.11. The van der Waals surface area contributed by atoms with E-state index >= 15 is 0 Å². The van der Waals surface area contributed by atoms with E-state index in [1.54, 1.807) is 6.07 Å². The van der Waals surface area contributed by atoms with Crippen LogP contribution in [0.1, 0.15) is 66.4 Å². The Hall–Kier alpha value is -3.19. The van der Waals surface area contributed by atoms with Gasteiger partial charge in [-0.05, 0) is 55.2 Å². The lowest BCUT2D eigenvalue weighted by Gasteiger charge is -2.28. The van der Waals surface area contributed by atoms with Crippen LogP contribution in [0.5, 0.6) is 5.75 Å². The number of ether oxygens (including phenoxy) is 1. The van der Waals surface area contributed by atoms with E-state index in [4.69, 9.17) is 9.84 Å². The molecule has 13 heteroatoms. The van der Waals surface area contributed by atoms with E-state index in [0.717, 1.165) is 68.1 Å². The number of carboxylic acid groups (broad SMARTS) is 1. The SMILES string of the molecule is CC[C@H]1CC[C@H](c2ccc(-c3nc(S(=O)(=O)Nc4cc(F)c(C(=O)O)cc4OC)cs3)c(C(F)(F)F)c2)CC1. The van der Waals surface area contributed by atoms with E-state index in [1.807, 2.05) is 0 Å². The van der Waals surface area contributed by atoms with Crippen molar-refractivity contribution < 1.29 is 40.6 Å². The highest BCUT2D eigenvalue weighted by Gasteiger charge is 2.36. The molecule has 0 spiro atoms. The second kappa shape index (κ2) is 11.1. The number of nitrogens with zero attached hydrogens (tertiary/aromatic N) is 1. The van der Waals surface area contributed by atoms with Gasteiger partial charge in [0.25, 0.3) is 10.0 Å². The Morgan fingerprint density at radius 3 is 2.46 bits per heavy atom. The Morgan fingerprint density at radius 2 is 1.87 bits per heavy atom. The molecular formula is C26H26F4N2O5S2. The van der Waals surface area contributed by atoms with Gasteiger partial charge in [0.2, 0.25) is 0 Å². The summed E-state index contributed by atoms with van der Waals surface area (Å²) in [7, 11) is -3.36. The van der Waals surface area contributed by atoms with Crippen molar-refractivity contribution in [3.05, 3.63) is 58.2 Å². The van der Waals surface area contributed by atoms with Gasteiger partial charge in [-0.15, -0.1) is 11.3 Å². The molecule has 0 aliphatic heterocycles. The minimum atomic E-state index is -4.69. The Bertz CT molecular complexity index is 1480. The van der Waals surface area contributed by atoms with Gasteiger partial charge < -0.3 is 9.84 Å². The molecule has 0 radical (unpaired) electrons. The van der Waals surface area contributed by atoms with Crippen LogP contribution in [0, 0.1) is 11.7 Å². The lowest BCUT2D eigenvalue weighted by Crippen LogP contribution is -2.15. The molecular weight excluding hydrogens is 560 g/mol. The van der Waals surface area contributed by atoms with Crippen molar-refractivity contribution in [2.75, 3.05) is 11.8 Å². The van der Waals surface area contributed by atoms with E-state index in [-0.39, 0.29) is 22.2 Å². The van der Waals surface area contributed by atoms with Gasteiger partial charge in [0.15, 0.2) is 5.03 Å². The first-order valence-electron chi connectivity index (χ1n) is 12.1. The van der Waals surface area contributed by atoms with Crippen molar-refractivity contribution in [1.29, 1.82) is 0 Å². The Labute approximate surface area is 226 Å². The van der Waals surface area contributed by atoms with E-state index in [1.165, 1.54) is 6.07 Å². The number of anilines is 1. The van der Waals surface area contributed by atoms with Gasteiger partial charge in [0, 0.05) is 17.0 Å². The number of rotatable bonds is 8. The Morgan fingerprint density at radius 1 is 1.18 bits per heavy atom. The average molecular weight is 587 g/mol. The fraction of sp³-hybridized carbons (Fsp3) is 0.385. The van der Waals surface area contributed by atoms with Gasteiger partial charge in [0.1, 0.15) is 16.6 Å². The molecule has 0 amide bonds. The topological polar surface area (TPSA) is 106 Å². The lowest BCUT2D eigenvalue weighted by atomic mass is 9.77. The molecule has 4 rings (SSSR count). The zero-order valence-corrected chi connectivity index (χ0v) is 22.6. The van der Waals surface area contributed by atoms with Crippen LogP contribution in [0.25, 0.3) is 10.6 Å². The molecule has 39 heavy (non-hydrogen) atoms. The first-order valence-corrected chi connectivity index (χ1v) is 14.5. The average Bonchev–Trinajstić information content (AvgIpc) is 3.39. The van der Waals surface area contributed by atoms with E-state index in [0.29, 0.717) is 17.5 Å². The first-order chi connectivity index (χ1) is 18.3. The molecule has 0 saturated heterocycles. The number of carbonyl (C=O) groups is 1. The number of hydrogen-bond acceptors (Lipinski definition) is 6. The maximum atomic E-state index is 14.2. The van der Waals surface area contributed by atoms with Gasteiger partial charge in [-0.3, -0.25) is 4.72 Å². The van der Waals surface area contributed by atoms with Crippen molar-refractivity contribution in [3.8, 4) is 16.3 Å². The highest BCUT2D eigenvalue weighted by molar-refractivity contribution is 7.92. The summed E-state index contributed by atoms with van der Waals surface area (Å²) in [4.78, 5) is 15.1. The van der Waals surface area contributed by atoms with Crippen molar-refractivity contribution in [1.82, 2.24) is 4.98 Å². The number of halogens is 4. The molecule has 3 aromatic rings. The van der Waals surface area contributed by atoms with Crippen LogP contribution in [0.4, 0.5) is 23.2 Å². The minimum Gasteiger partial charge on any atom is -0.495 e. The van der Waals surface area contributed by atoms with Gasteiger partial charge in [-0.1, -0.05) is 25.5 Å². The monoisotopic (exact) mass is 586 g/mol. The predicted molar refractivity (Wildman–Crippen MR) is 138 cm³/mol. The molecule has 0 bridgehead atoms. The van der Waals surface area contributed by atoms with Crippen LogP contribution in [0.3, 0.4) is 0 Å². The molecule has 1 aromatic heterocycles. The summed E-state index contributed by atoms with van der Waals surface area (Å²) >= 11 is 0.721. The van der Waals surface area contributed by atoms with Gasteiger partial charge in [0.05, 0.1) is 23.9 Å². The van der Waals surface area contributed by atoms with Crippen LogP contribution < -0.4 is 9.46 Å². The summed E-state index contributed by atoms with van der Waals surface area (Å²) in [6.07, 6.45) is -0.0576. The standard InChI is InChI=1S/C26H26F4N2O5S2/c1-3-14-4-6-15(7-5-14)16-8-9-17(19(10-16)26(28,29)30)24-31-23(13-38-24)39(35,36)32-21-12-20(27)18(25(33)34)11-22(21)37-2/h8-15,32H,3-7H2,1-2H3,(H,33,34)/t14-,15-. The first kappa shape index (κ1) is 28.8. The molecule has 1 saturated carbocycles. The van der Waals surface area contributed by atoms with Crippen LogP contribution in [-0.2, 0) is 16.2 Å². The Kier molecular flexibility index (Phi) is 8.22. The highest BCUT2D eigenvalue weighted by Crippen LogP contribution is 2.43. The number of benzene rings is 2. The molecule has 0 unspecified atom stereocenters. The smallest absolute Gasteiger partial charge is 0.417 e. The zero-order chi connectivity index (χ0) is 28.5. The van der Waals surface area contributed by atoms with E-state index < -0.39 is 49.8 Å². The third kappa shape index (κ3) is 6.19. The van der Waals surface area contributed by atoms with Crippen LogP contribution >= 0.6 is 11.3 Å². The number of alkyl halides is 3. The maximum absolute atomic E-state index is 14.2. The van der Waals surface area contributed by atoms with Crippen LogP contribution in [-0.4, -0.2) is 31.6 Å².